The number of benzene rings is 2. The molecule has 4 nitrogen and oxygen atoms in total. The molecule has 1 N–H and O–H groups in total. The molecule has 2 aromatic carbocycles. The van der Waals surface area contributed by atoms with Crippen LogP contribution in [-0.4, -0.2) is 48.4 Å². The summed E-state index contributed by atoms with van der Waals surface area (Å²) in [6, 6.07) is 19.1. The van der Waals surface area contributed by atoms with E-state index in [-0.39, 0.29) is 11.9 Å². The van der Waals surface area contributed by atoms with E-state index >= 15 is 0 Å². The Kier molecular flexibility index (Phi) is 7.02. The molecule has 1 amide bonds. The molecule has 144 valence electrons. The highest BCUT2D eigenvalue weighted by molar-refractivity contribution is 5.78. The Balaban J connectivity index is 1.44. The molecule has 0 unspecified atom stereocenters. The van der Waals surface area contributed by atoms with Crippen molar-refractivity contribution >= 4 is 5.91 Å². The number of rotatable bonds is 7. The SMILES string of the molecule is CC[C@@H](NC(=O)CN1CCN(Cc2ccccc2)CC1)c1ccc(C)cc1. The second kappa shape index (κ2) is 9.67. The molecule has 1 heterocycles. The van der Waals surface area contributed by atoms with Gasteiger partial charge in [0.1, 0.15) is 0 Å². The molecule has 1 saturated heterocycles. The van der Waals surface area contributed by atoms with Gasteiger partial charge in [0.2, 0.25) is 5.91 Å². The average Bonchev–Trinajstić information content (AvgIpc) is 2.69. The van der Waals surface area contributed by atoms with Gasteiger partial charge < -0.3 is 5.32 Å². The van der Waals surface area contributed by atoms with Crippen LogP contribution in [0.4, 0.5) is 0 Å². The Hall–Kier alpha value is -2.17. The van der Waals surface area contributed by atoms with Crippen molar-refractivity contribution in [1.29, 1.82) is 0 Å². The summed E-state index contributed by atoms with van der Waals surface area (Å²) >= 11 is 0. The lowest BCUT2D eigenvalue weighted by Gasteiger charge is -2.34. The molecular formula is C23H31N3O. The van der Waals surface area contributed by atoms with Crippen molar-refractivity contribution in [2.45, 2.75) is 32.9 Å². The second-order valence-electron chi connectivity index (χ2n) is 7.48. The van der Waals surface area contributed by atoms with Crippen LogP contribution >= 0.6 is 0 Å². The number of aryl methyl sites for hydroxylation is 1. The summed E-state index contributed by atoms with van der Waals surface area (Å²) < 4.78 is 0. The smallest absolute Gasteiger partial charge is 0.234 e. The van der Waals surface area contributed by atoms with Crippen LogP contribution in [0.15, 0.2) is 54.6 Å². The quantitative estimate of drug-likeness (QED) is 0.817. The summed E-state index contributed by atoms with van der Waals surface area (Å²) in [4.78, 5) is 17.3. The van der Waals surface area contributed by atoms with E-state index in [1.54, 1.807) is 0 Å². The molecule has 0 aromatic heterocycles. The fourth-order valence-corrected chi connectivity index (χ4v) is 3.61. The normalized spacial score (nSPS) is 16.8. The van der Waals surface area contributed by atoms with Gasteiger partial charge in [-0.3, -0.25) is 14.6 Å². The molecule has 4 heteroatoms. The monoisotopic (exact) mass is 365 g/mol. The molecule has 27 heavy (non-hydrogen) atoms. The van der Waals surface area contributed by atoms with Crippen LogP contribution in [0.2, 0.25) is 0 Å². The lowest BCUT2D eigenvalue weighted by molar-refractivity contribution is -0.123. The van der Waals surface area contributed by atoms with E-state index in [9.17, 15) is 4.79 Å². The molecular weight excluding hydrogens is 334 g/mol. The van der Waals surface area contributed by atoms with Gasteiger partial charge in [0.15, 0.2) is 0 Å². The maximum absolute atomic E-state index is 12.5. The van der Waals surface area contributed by atoms with Gasteiger partial charge in [-0.1, -0.05) is 67.1 Å². The summed E-state index contributed by atoms with van der Waals surface area (Å²) in [5, 5.41) is 3.21. The maximum Gasteiger partial charge on any atom is 0.234 e. The predicted molar refractivity (Wildman–Crippen MR) is 111 cm³/mol. The standard InChI is InChI=1S/C23H31N3O/c1-3-22(21-11-9-19(2)10-12-21)24-23(27)18-26-15-13-25(14-16-26)17-20-7-5-4-6-8-20/h4-12,22H,3,13-18H2,1-2H3,(H,24,27)/t22-/m1/s1. The number of nitrogens with one attached hydrogen (secondary N) is 1. The van der Waals surface area contributed by atoms with Crippen molar-refractivity contribution in [3.63, 3.8) is 0 Å². The van der Waals surface area contributed by atoms with Gasteiger partial charge in [0.25, 0.3) is 0 Å². The highest BCUT2D eigenvalue weighted by atomic mass is 16.2. The van der Waals surface area contributed by atoms with E-state index in [0.717, 1.165) is 39.1 Å². The fourth-order valence-electron chi connectivity index (χ4n) is 3.61. The largest absolute Gasteiger partial charge is 0.348 e. The van der Waals surface area contributed by atoms with Gasteiger partial charge in [0, 0.05) is 32.7 Å². The number of piperazine rings is 1. The Labute approximate surface area is 163 Å². The second-order valence-corrected chi connectivity index (χ2v) is 7.48. The third-order valence-electron chi connectivity index (χ3n) is 5.30. The van der Waals surface area contributed by atoms with Gasteiger partial charge in [0.05, 0.1) is 12.6 Å². The third-order valence-corrected chi connectivity index (χ3v) is 5.30. The minimum Gasteiger partial charge on any atom is -0.348 e. The number of carbonyl (C=O) groups excluding carboxylic acids is 1. The van der Waals surface area contributed by atoms with Gasteiger partial charge in [-0.25, -0.2) is 0 Å². The zero-order chi connectivity index (χ0) is 19.1. The first-order valence-electron chi connectivity index (χ1n) is 9.98. The van der Waals surface area contributed by atoms with Crippen LogP contribution in [-0.2, 0) is 11.3 Å². The van der Waals surface area contributed by atoms with Crippen LogP contribution < -0.4 is 5.32 Å². The Bertz CT molecular complexity index is 706. The minimum absolute atomic E-state index is 0.0949. The van der Waals surface area contributed by atoms with Gasteiger partial charge in [-0.2, -0.15) is 0 Å². The van der Waals surface area contributed by atoms with E-state index in [4.69, 9.17) is 0 Å². The van der Waals surface area contributed by atoms with Crippen LogP contribution in [0.5, 0.6) is 0 Å². The van der Waals surface area contributed by atoms with Gasteiger partial charge >= 0.3 is 0 Å². The molecule has 0 bridgehead atoms. The lowest BCUT2D eigenvalue weighted by Crippen LogP contribution is -2.49. The minimum atomic E-state index is 0.0949. The summed E-state index contributed by atoms with van der Waals surface area (Å²) in [5.41, 5.74) is 3.78. The Morgan fingerprint density at radius 2 is 1.59 bits per heavy atom. The van der Waals surface area contributed by atoms with Crippen molar-refractivity contribution in [2.75, 3.05) is 32.7 Å². The van der Waals surface area contributed by atoms with Crippen molar-refractivity contribution in [3.8, 4) is 0 Å². The molecule has 1 aliphatic rings. The zero-order valence-electron chi connectivity index (χ0n) is 16.5. The lowest BCUT2D eigenvalue weighted by atomic mass is 10.0. The first-order chi connectivity index (χ1) is 13.1. The van der Waals surface area contributed by atoms with Crippen molar-refractivity contribution < 1.29 is 4.79 Å². The van der Waals surface area contributed by atoms with Crippen LogP contribution in [0, 0.1) is 6.92 Å². The number of amides is 1. The van der Waals surface area contributed by atoms with Crippen LogP contribution in [0.1, 0.15) is 36.1 Å². The van der Waals surface area contributed by atoms with Crippen molar-refractivity contribution in [2.24, 2.45) is 0 Å². The van der Waals surface area contributed by atoms with E-state index in [1.807, 2.05) is 0 Å². The molecule has 0 saturated carbocycles. The Morgan fingerprint density at radius 1 is 0.963 bits per heavy atom. The number of hydrogen-bond acceptors (Lipinski definition) is 3. The summed E-state index contributed by atoms with van der Waals surface area (Å²) in [6.07, 6.45) is 0.902. The zero-order valence-corrected chi connectivity index (χ0v) is 16.5. The van der Waals surface area contributed by atoms with E-state index in [2.05, 4.69) is 83.6 Å². The molecule has 0 aliphatic carbocycles. The predicted octanol–water partition coefficient (Wildman–Crippen LogP) is 3.38. The maximum atomic E-state index is 12.5. The number of carbonyl (C=O) groups is 1. The van der Waals surface area contributed by atoms with Crippen LogP contribution in [0.25, 0.3) is 0 Å². The first-order valence-corrected chi connectivity index (χ1v) is 9.98. The van der Waals surface area contributed by atoms with Crippen LogP contribution in [0.3, 0.4) is 0 Å². The topological polar surface area (TPSA) is 35.6 Å². The van der Waals surface area contributed by atoms with Gasteiger partial charge in [-0.15, -0.1) is 0 Å². The first kappa shape index (κ1) is 19.6. The van der Waals surface area contributed by atoms with Crippen molar-refractivity contribution in [1.82, 2.24) is 15.1 Å². The number of nitrogens with zero attached hydrogens (tertiary/aromatic N) is 2. The average molecular weight is 366 g/mol. The summed E-state index contributed by atoms with van der Waals surface area (Å²) in [7, 11) is 0. The summed E-state index contributed by atoms with van der Waals surface area (Å²) in [5.74, 6) is 0.124. The van der Waals surface area contributed by atoms with E-state index in [0.29, 0.717) is 6.54 Å². The van der Waals surface area contributed by atoms with Crippen molar-refractivity contribution in [3.05, 3.63) is 71.3 Å². The molecule has 3 rings (SSSR count). The summed E-state index contributed by atoms with van der Waals surface area (Å²) in [6.45, 7) is 9.60. The highest BCUT2D eigenvalue weighted by Crippen LogP contribution is 2.17. The fraction of sp³-hybridized carbons (Fsp3) is 0.435. The molecule has 2 aromatic rings. The third kappa shape index (κ3) is 5.91. The molecule has 1 atom stereocenters. The van der Waals surface area contributed by atoms with E-state index < -0.39 is 0 Å². The molecule has 0 spiro atoms. The highest BCUT2D eigenvalue weighted by Gasteiger charge is 2.20. The van der Waals surface area contributed by atoms with Gasteiger partial charge in [-0.05, 0) is 24.5 Å². The van der Waals surface area contributed by atoms with E-state index in [1.165, 1.54) is 16.7 Å². The molecule has 1 fully saturated rings. The molecule has 1 aliphatic heterocycles. The Morgan fingerprint density at radius 3 is 2.22 bits per heavy atom. The number of hydrogen-bond donors (Lipinski definition) is 1. The molecule has 0 radical (unpaired) electrons.